The number of hydrogen-bond acceptors (Lipinski definition) is 3. The first kappa shape index (κ1) is 12.9. The average molecular weight is 259 g/mol. The summed E-state index contributed by atoms with van der Waals surface area (Å²) < 4.78 is 0. The topological polar surface area (TPSA) is 41.3 Å². The maximum Gasteiger partial charge on any atom is 0.0396 e. The molecule has 1 fully saturated rings. The van der Waals surface area contributed by atoms with Crippen LogP contribution in [0.15, 0.2) is 18.2 Å². The highest BCUT2D eigenvalue weighted by Crippen LogP contribution is 2.34. The van der Waals surface area contributed by atoms with Gasteiger partial charge in [-0.1, -0.05) is 12.1 Å². The van der Waals surface area contributed by atoms with Crippen molar-refractivity contribution in [1.82, 2.24) is 5.32 Å². The van der Waals surface area contributed by atoms with Gasteiger partial charge in [-0.2, -0.15) is 0 Å². The van der Waals surface area contributed by atoms with E-state index in [2.05, 4.69) is 35.5 Å². The molecule has 2 atom stereocenters. The molecule has 104 valence electrons. The Kier molecular flexibility index (Phi) is 3.76. The van der Waals surface area contributed by atoms with Gasteiger partial charge in [0, 0.05) is 19.3 Å². The van der Waals surface area contributed by atoms with Gasteiger partial charge in [-0.3, -0.25) is 0 Å². The predicted octanol–water partition coefficient (Wildman–Crippen LogP) is 1.72. The van der Waals surface area contributed by atoms with Crippen LogP contribution in [0.3, 0.4) is 0 Å². The van der Waals surface area contributed by atoms with Gasteiger partial charge >= 0.3 is 0 Å². The zero-order valence-electron chi connectivity index (χ0n) is 11.9. The molecule has 0 amide bonds. The lowest BCUT2D eigenvalue weighted by atomic mass is 9.80. The number of aryl methyl sites for hydroxylation is 1. The Balaban J connectivity index is 1.88. The number of fused-ring (bicyclic) bond motifs is 1. The molecule has 0 aliphatic carbocycles. The lowest BCUT2D eigenvalue weighted by Crippen LogP contribution is -2.39. The molecule has 3 nitrogen and oxygen atoms in total. The molecule has 0 saturated carbocycles. The standard InChI is InChI=1S/C16H25N3/c1-19-8-2-3-13-9-12(4-5-16(13)19)15-6-7-18-11-14(15)10-17/h4-5,9,14-15,18H,2-3,6-8,10-11,17H2,1H3. The first-order chi connectivity index (χ1) is 9.29. The monoisotopic (exact) mass is 259 g/mol. The molecule has 19 heavy (non-hydrogen) atoms. The summed E-state index contributed by atoms with van der Waals surface area (Å²) in [6.45, 7) is 4.16. The Bertz CT molecular complexity index is 444. The van der Waals surface area contributed by atoms with Crippen LogP contribution in [0, 0.1) is 5.92 Å². The maximum absolute atomic E-state index is 5.94. The maximum atomic E-state index is 5.94. The second-order valence-corrected chi connectivity index (χ2v) is 6.01. The normalized spacial score (nSPS) is 27.2. The molecule has 0 spiro atoms. The van der Waals surface area contributed by atoms with Crippen molar-refractivity contribution in [3.63, 3.8) is 0 Å². The van der Waals surface area contributed by atoms with Crippen LogP contribution in [0.25, 0.3) is 0 Å². The highest BCUT2D eigenvalue weighted by atomic mass is 15.1. The summed E-state index contributed by atoms with van der Waals surface area (Å²) in [5.74, 6) is 1.23. The molecule has 3 rings (SSSR count). The van der Waals surface area contributed by atoms with E-state index in [1.165, 1.54) is 42.6 Å². The van der Waals surface area contributed by atoms with Gasteiger partial charge < -0.3 is 16.0 Å². The number of nitrogens with one attached hydrogen (secondary N) is 1. The van der Waals surface area contributed by atoms with Gasteiger partial charge in [0.25, 0.3) is 0 Å². The first-order valence-electron chi connectivity index (χ1n) is 7.54. The Hall–Kier alpha value is -1.06. The fraction of sp³-hybridized carbons (Fsp3) is 0.625. The zero-order chi connectivity index (χ0) is 13.2. The third-order valence-electron chi connectivity index (χ3n) is 4.79. The Morgan fingerprint density at radius 3 is 3.16 bits per heavy atom. The van der Waals surface area contributed by atoms with Crippen LogP contribution >= 0.6 is 0 Å². The number of rotatable bonds is 2. The fourth-order valence-electron chi connectivity index (χ4n) is 3.65. The third-order valence-corrected chi connectivity index (χ3v) is 4.79. The number of nitrogens with zero attached hydrogens (tertiary/aromatic N) is 1. The van der Waals surface area contributed by atoms with Crippen LogP contribution in [0.4, 0.5) is 5.69 Å². The SMILES string of the molecule is CN1CCCc2cc(C3CCNCC3CN)ccc21. The number of benzene rings is 1. The van der Waals surface area contributed by atoms with Crippen molar-refractivity contribution in [2.45, 2.75) is 25.2 Å². The van der Waals surface area contributed by atoms with E-state index in [0.717, 1.165) is 19.6 Å². The van der Waals surface area contributed by atoms with Crippen LogP contribution in [-0.4, -0.2) is 33.2 Å². The van der Waals surface area contributed by atoms with Crippen molar-refractivity contribution in [2.24, 2.45) is 11.7 Å². The summed E-state index contributed by atoms with van der Waals surface area (Å²) in [7, 11) is 2.20. The summed E-state index contributed by atoms with van der Waals surface area (Å²) in [5.41, 5.74) is 10.4. The van der Waals surface area contributed by atoms with Crippen molar-refractivity contribution in [3.8, 4) is 0 Å². The second-order valence-electron chi connectivity index (χ2n) is 6.01. The van der Waals surface area contributed by atoms with E-state index >= 15 is 0 Å². The number of anilines is 1. The third kappa shape index (κ3) is 2.49. The van der Waals surface area contributed by atoms with E-state index in [4.69, 9.17) is 5.73 Å². The summed E-state index contributed by atoms with van der Waals surface area (Å²) in [6, 6.07) is 7.10. The van der Waals surface area contributed by atoms with Crippen molar-refractivity contribution in [2.75, 3.05) is 38.1 Å². The van der Waals surface area contributed by atoms with Gasteiger partial charge in [0.1, 0.15) is 0 Å². The molecule has 3 heteroatoms. The molecular formula is C16H25N3. The van der Waals surface area contributed by atoms with Crippen molar-refractivity contribution in [3.05, 3.63) is 29.3 Å². The molecule has 0 radical (unpaired) electrons. The molecule has 1 saturated heterocycles. The molecule has 2 aliphatic heterocycles. The van der Waals surface area contributed by atoms with E-state index in [1.54, 1.807) is 0 Å². The Morgan fingerprint density at radius 1 is 1.42 bits per heavy atom. The molecule has 1 aromatic rings. The van der Waals surface area contributed by atoms with Crippen LogP contribution < -0.4 is 16.0 Å². The highest BCUT2D eigenvalue weighted by Gasteiger charge is 2.26. The Labute approximate surface area is 116 Å². The lowest BCUT2D eigenvalue weighted by Gasteiger charge is -2.33. The number of hydrogen-bond donors (Lipinski definition) is 2. The summed E-state index contributed by atoms with van der Waals surface area (Å²) in [5, 5.41) is 3.47. The van der Waals surface area contributed by atoms with Crippen LogP contribution in [0.1, 0.15) is 29.9 Å². The van der Waals surface area contributed by atoms with E-state index in [9.17, 15) is 0 Å². The van der Waals surface area contributed by atoms with E-state index in [1.807, 2.05) is 0 Å². The van der Waals surface area contributed by atoms with E-state index < -0.39 is 0 Å². The first-order valence-corrected chi connectivity index (χ1v) is 7.54. The molecule has 0 aromatic heterocycles. The molecule has 3 N–H and O–H groups in total. The van der Waals surface area contributed by atoms with Crippen LogP contribution in [0.2, 0.25) is 0 Å². The van der Waals surface area contributed by atoms with E-state index in [0.29, 0.717) is 11.8 Å². The second kappa shape index (κ2) is 5.51. The molecule has 2 heterocycles. The van der Waals surface area contributed by atoms with Crippen molar-refractivity contribution in [1.29, 1.82) is 0 Å². The molecular weight excluding hydrogens is 234 g/mol. The minimum absolute atomic E-state index is 0.591. The zero-order valence-corrected chi connectivity index (χ0v) is 11.9. The minimum Gasteiger partial charge on any atom is -0.374 e. The molecule has 0 bridgehead atoms. The molecule has 2 unspecified atom stereocenters. The molecule has 2 aliphatic rings. The quantitative estimate of drug-likeness (QED) is 0.850. The van der Waals surface area contributed by atoms with Gasteiger partial charge in [0.15, 0.2) is 0 Å². The average Bonchev–Trinajstić information content (AvgIpc) is 2.47. The smallest absolute Gasteiger partial charge is 0.0396 e. The van der Waals surface area contributed by atoms with Gasteiger partial charge in [-0.25, -0.2) is 0 Å². The fourth-order valence-corrected chi connectivity index (χ4v) is 3.65. The van der Waals surface area contributed by atoms with Gasteiger partial charge in [-0.15, -0.1) is 0 Å². The van der Waals surface area contributed by atoms with Gasteiger partial charge in [-0.05, 0) is 67.9 Å². The molecule has 1 aromatic carbocycles. The minimum atomic E-state index is 0.591. The van der Waals surface area contributed by atoms with Crippen LogP contribution in [0.5, 0.6) is 0 Å². The van der Waals surface area contributed by atoms with Crippen LogP contribution in [-0.2, 0) is 6.42 Å². The van der Waals surface area contributed by atoms with Gasteiger partial charge in [0.2, 0.25) is 0 Å². The Morgan fingerprint density at radius 2 is 2.32 bits per heavy atom. The number of piperidine rings is 1. The lowest BCUT2D eigenvalue weighted by molar-refractivity contribution is 0.333. The van der Waals surface area contributed by atoms with Gasteiger partial charge in [0.05, 0.1) is 0 Å². The summed E-state index contributed by atoms with van der Waals surface area (Å²) in [6.07, 6.45) is 3.72. The largest absolute Gasteiger partial charge is 0.374 e. The number of nitrogens with two attached hydrogens (primary N) is 1. The summed E-state index contributed by atoms with van der Waals surface area (Å²) >= 11 is 0. The highest BCUT2D eigenvalue weighted by molar-refractivity contribution is 5.56. The summed E-state index contributed by atoms with van der Waals surface area (Å²) in [4.78, 5) is 2.38. The van der Waals surface area contributed by atoms with Crippen molar-refractivity contribution < 1.29 is 0 Å². The predicted molar refractivity (Wildman–Crippen MR) is 80.8 cm³/mol. The van der Waals surface area contributed by atoms with Crippen molar-refractivity contribution >= 4 is 5.69 Å². The van der Waals surface area contributed by atoms with E-state index in [-0.39, 0.29) is 0 Å².